The molecule has 0 unspecified atom stereocenters. The number of carbonyl (C=O) groups is 1. The molecule has 2 N–H and O–H groups in total. The van der Waals surface area contributed by atoms with Crippen molar-refractivity contribution in [3.8, 4) is 0 Å². The zero-order chi connectivity index (χ0) is 12.8. The van der Waals surface area contributed by atoms with Crippen LogP contribution in [0.5, 0.6) is 0 Å². The van der Waals surface area contributed by atoms with Crippen LogP contribution >= 0.6 is 0 Å². The van der Waals surface area contributed by atoms with E-state index in [1.165, 1.54) is 0 Å². The SMILES string of the molecule is O=C(Cc1cccnc1)NCC1CCC(O)CC1. The summed E-state index contributed by atoms with van der Waals surface area (Å²) in [5, 5.41) is 12.4. The molecule has 0 aromatic carbocycles. The Hall–Kier alpha value is -1.42. The smallest absolute Gasteiger partial charge is 0.224 e. The van der Waals surface area contributed by atoms with Gasteiger partial charge in [-0.2, -0.15) is 0 Å². The molecule has 0 aliphatic heterocycles. The largest absolute Gasteiger partial charge is 0.393 e. The van der Waals surface area contributed by atoms with Crippen molar-refractivity contribution >= 4 is 5.91 Å². The van der Waals surface area contributed by atoms with E-state index in [-0.39, 0.29) is 12.0 Å². The van der Waals surface area contributed by atoms with E-state index in [9.17, 15) is 9.90 Å². The number of carbonyl (C=O) groups excluding carboxylic acids is 1. The van der Waals surface area contributed by atoms with Crippen LogP contribution in [-0.2, 0) is 11.2 Å². The number of aliphatic hydroxyl groups excluding tert-OH is 1. The van der Waals surface area contributed by atoms with Gasteiger partial charge in [0.25, 0.3) is 0 Å². The summed E-state index contributed by atoms with van der Waals surface area (Å²) in [5.74, 6) is 0.570. The summed E-state index contributed by atoms with van der Waals surface area (Å²) in [5.41, 5.74) is 0.939. The van der Waals surface area contributed by atoms with E-state index in [1.807, 2.05) is 12.1 Å². The number of hydrogen-bond donors (Lipinski definition) is 2. The van der Waals surface area contributed by atoms with Crippen LogP contribution in [0.3, 0.4) is 0 Å². The van der Waals surface area contributed by atoms with Crippen molar-refractivity contribution in [2.45, 2.75) is 38.2 Å². The lowest BCUT2D eigenvalue weighted by Crippen LogP contribution is -2.33. The Morgan fingerprint density at radius 1 is 1.39 bits per heavy atom. The van der Waals surface area contributed by atoms with E-state index in [4.69, 9.17) is 0 Å². The molecule has 0 radical (unpaired) electrons. The molecule has 18 heavy (non-hydrogen) atoms. The van der Waals surface area contributed by atoms with Gasteiger partial charge in [-0.1, -0.05) is 6.07 Å². The Labute approximate surface area is 107 Å². The van der Waals surface area contributed by atoms with Crippen LogP contribution in [0.25, 0.3) is 0 Å². The van der Waals surface area contributed by atoms with Crippen molar-refractivity contribution in [1.29, 1.82) is 0 Å². The number of pyridine rings is 1. The maximum atomic E-state index is 11.7. The third kappa shape index (κ3) is 4.11. The van der Waals surface area contributed by atoms with E-state index >= 15 is 0 Å². The fourth-order valence-corrected chi connectivity index (χ4v) is 2.36. The quantitative estimate of drug-likeness (QED) is 0.844. The average molecular weight is 248 g/mol. The van der Waals surface area contributed by atoms with Crippen LogP contribution < -0.4 is 5.32 Å². The molecule has 0 spiro atoms. The fraction of sp³-hybridized carbons (Fsp3) is 0.571. The van der Waals surface area contributed by atoms with Gasteiger partial charge in [-0.15, -0.1) is 0 Å². The molecule has 1 aliphatic rings. The number of amides is 1. The van der Waals surface area contributed by atoms with E-state index in [1.54, 1.807) is 12.4 Å². The van der Waals surface area contributed by atoms with E-state index in [2.05, 4.69) is 10.3 Å². The molecule has 0 saturated heterocycles. The first-order valence-corrected chi connectivity index (χ1v) is 6.57. The van der Waals surface area contributed by atoms with Crippen molar-refractivity contribution in [2.24, 2.45) is 5.92 Å². The highest BCUT2D eigenvalue weighted by Crippen LogP contribution is 2.23. The zero-order valence-corrected chi connectivity index (χ0v) is 10.5. The van der Waals surface area contributed by atoms with Gasteiger partial charge in [0.2, 0.25) is 5.91 Å². The third-order valence-electron chi connectivity index (χ3n) is 3.49. The van der Waals surface area contributed by atoms with Gasteiger partial charge in [0.15, 0.2) is 0 Å². The van der Waals surface area contributed by atoms with Crippen LogP contribution in [0.15, 0.2) is 24.5 Å². The van der Waals surface area contributed by atoms with Gasteiger partial charge in [0.05, 0.1) is 12.5 Å². The number of nitrogens with one attached hydrogen (secondary N) is 1. The first kappa shape index (κ1) is 13.0. The Morgan fingerprint density at radius 2 is 2.17 bits per heavy atom. The first-order valence-electron chi connectivity index (χ1n) is 6.57. The Bertz CT molecular complexity index is 373. The van der Waals surface area contributed by atoms with Crippen molar-refractivity contribution in [2.75, 3.05) is 6.54 Å². The van der Waals surface area contributed by atoms with Crippen LogP contribution in [0, 0.1) is 5.92 Å². The van der Waals surface area contributed by atoms with Crippen LogP contribution in [0.4, 0.5) is 0 Å². The van der Waals surface area contributed by atoms with Gasteiger partial charge in [-0.25, -0.2) is 0 Å². The molecule has 1 aromatic heterocycles. The number of hydrogen-bond acceptors (Lipinski definition) is 3. The topological polar surface area (TPSA) is 62.2 Å². The molecule has 1 aliphatic carbocycles. The molecule has 1 fully saturated rings. The highest BCUT2D eigenvalue weighted by Gasteiger charge is 2.19. The number of nitrogens with zero attached hydrogens (tertiary/aromatic N) is 1. The maximum Gasteiger partial charge on any atom is 0.224 e. The molecular formula is C14H20N2O2. The summed E-state index contributed by atoms with van der Waals surface area (Å²) in [6, 6.07) is 3.74. The Balaban J connectivity index is 1.69. The molecular weight excluding hydrogens is 228 g/mol. The minimum Gasteiger partial charge on any atom is -0.393 e. The highest BCUT2D eigenvalue weighted by molar-refractivity contribution is 5.78. The Kier molecular flexibility index (Phi) is 4.70. The second-order valence-electron chi connectivity index (χ2n) is 5.02. The second kappa shape index (κ2) is 6.50. The molecule has 1 amide bonds. The van der Waals surface area contributed by atoms with Crippen LogP contribution in [0.2, 0.25) is 0 Å². The third-order valence-corrected chi connectivity index (χ3v) is 3.49. The van der Waals surface area contributed by atoms with Crippen LogP contribution in [-0.4, -0.2) is 28.6 Å². The fourth-order valence-electron chi connectivity index (χ4n) is 2.36. The summed E-state index contributed by atoms with van der Waals surface area (Å²) in [6.45, 7) is 0.728. The lowest BCUT2D eigenvalue weighted by molar-refractivity contribution is -0.120. The van der Waals surface area contributed by atoms with Crippen molar-refractivity contribution < 1.29 is 9.90 Å². The number of aliphatic hydroxyl groups is 1. The predicted molar refractivity (Wildman–Crippen MR) is 68.9 cm³/mol. The molecule has 1 heterocycles. The molecule has 4 heteroatoms. The average Bonchev–Trinajstić information content (AvgIpc) is 2.39. The molecule has 0 atom stereocenters. The normalized spacial score (nSPS) is 23.6. The van der Waals surface area contributed by atoms with E-state index in [0.717, 1.165) is 37.8 Å². The minimum absolute atomic E-state index is 0.0501. The molecule has 1 aromatic rings. The molecule has 1 saturated carbocycles. The van der Waals surface area contributed by atoms with E-state index < -0.39 is 0 Å². The lowest BCUT2D eigenvalue weighted by Gasteiger charge is -2.25. The number of rotatable bonds is 4. The predicted octanol–water partition coefficient (Wildman–Crippen LogP) is 1.29. The van der Waals surface area contributed by atoms with Gasteiger partial charge in [-0.3, -0.25) is 9.78 Å². The zero-order valence-electron chi connectivity index (χ0n) is 10.5. The van der Waals surface area contributed by atoms with Gasteiger partial charge in [-0.05, 0) is 43.2 Å². The molecule has 2 rings (SSSR count). The molecule has 4 nitrogen and oxygen atoms in total. The van der Waals surface area contributed by atoms with Crippen molar-refractivity contribution in [3.63, 3.8) is 0 Å². The number of aromatic nitrogens is 1. The molecule has 98 valence electrons. The van der Waals surface area contributed by atoms with Crippen molar-refractivity contribution in [3.05, 3.63) is 30.1 Å². The molecule has 0 bridgehead atoms. The second-order valence-corrected chi connectivity index (χ2v) is 5.02. The van der Waals surface area contributed by atoms with Crippen molar-refractivity contribution in [1.82, 2.24) is 10.3 Å². The standard InChI is InChI=1S/C14H20N2O2/c17-13-5-3-11(4-6-13)10-16-14(18)8-12-2-1-7-15-9-12/h1-2,7,9,11,13,17H,3-6,8,10H2,(H,16,18). The van der Waals surface area contributed by atoms with E-state index in [0.29, 0.717) is 12.3 Å². The highest BCUT2D eigenvalue weighted by atomic mass is 16.3. The summed E-state index contributed by atoms with van der Waals surface area (Å²) in [7, 11) is 0. The van der Waals surface area contributed by atoms with Gasteiger partial charge in [0, 0.05) is 18.9 Å². The summed E-state index contributed by atoms with van der Waals surface area (Å²) in [4.78, 5) is 15.7. The van der Waals surface area contributed by atoms with Gasteiger partial charge in [0.1, 0.15) is 0 Å². The lowest BCUT2D eigenvalue weighted by atomic mass is 9.87. The maximum absolute atomic E-state index is 11.7. The summed E-state index contributed by atoms with van der Waals surface area (Å²) in [6.07, 6.45) is 7.43. The van der Waals surface area contributed by atoms with Gasteiger partial charge >= 0.3 is 0 Å². The monoisotopic (exact) mass is 248 g/mol. The first-order chi connectivity index (χ1) is 8.74. The Morgan fingerprint density at radius 3 is 2.83 bits per heavy atom. The summed E-state index contributed by atoms with van der Waals surface area (Å²) < 4.78 is 0. The summed E-state index contributed by atoms with van der Waals surface area (Å²) >= 11 is 0. The van der Waals surface area contributed by atoms with Gasteiger partial charge < -0.3 is 10.4 Å². The van der Waals surface area contributed by atoms with Crippen LogP contribution in [0.1, 0.15) is 31.2 Å². The minimum atomic E-state index is -0.132.